The molecule has 0 aliphatic heterocycles. The zero-order valence-electron chi connectivity index (χ0n) is 11.5. The fourth-order valence-electron chi connectivity index (χ4n) is 1.87. The van der Waals surface area contributed by atoms with Crippen LogP contribution in [0.5, 0.6) is 0 Å². The molecule has 0 unspecified atom stereocenters. The lowest BCUT2D eigenvalue weighted by Gasteiger charge is -2.07. The van der Waals surface area contributed by atoms with Gasteiger partial charge in [-0.05, 0) is 49.2 Å². The maximum atomic E-state index is 11.9. The summed E-state index contributed by atoms with van der Waals surface area (Å²) in [4.78, 5) is 11.9. The summed E-state index contributed by atoms with van der Waals surface area (Å²) >= 11 is 3.38. The molecule has 0 aliphatic carbocycles. The lowest BCUT2D eigenvalue weighted by Crippen LogP contribution is -2.08. The van der Waals surface area contributed by atoms with Crippen molar-refractivity contribution in [1.29, 1.82) is 0 Å². The molecule has 0 bridgehead atoms. The minimum atomic E-state index is -0.125. The highest BCUT2D eigenvalue weighted by molar-refractivity contribution is 9.10. The Kier molecular flexibility index (Phi) is 4.74. The molecule has 0 heterocycles. The minimum absolute atomic E-state index is 0.125. The zero-order chi connectivity index (χ0) is 14.5. The van der Waals surface area contributed by atoms with Crippen LogP contribution in [-0.2, 0) is 4.79 Å². The first-order valence-corrected chi connectivity index (χ1v) is 7.16. The number of benzene rings is 2. The lowest BCUT2D eigenvalue weighted by atomic mass is 10.1. The van der Waals surface area contributed by atoms with Gasteiger partial charge in [0.1, 0.15) is 0 Å². The molecular weight excluding hydrogens is 314 g/mol. The molecule has 1 N–H and O–H groups in total. The van der Waals surface area contributed by atoms with E-state index in [0.29, 0.717) is 0 Å². The number of hydrogen-bond donors (Lipinski definition) is 1. The van der Waals surface area contributed by atoms with Gasteiger partial charge in [0.15, 0.2) is 0 Å². The maximum absolute atomic E-state index is 11.9. The second-order valence-electron chi connectivity index (χ2n) is 4.69. The normalized spacial score (nSPS) is 10.8. The van der Waals surface area contributed by atoms with Crippen LogP contribution in [0.1, 0.15) is 16.7 Å². The average Bonchev–Trinajstić information content (AvgIpc) is 2.41. The van der Waals surface area contributed by atoms with Crippen LogP contribution in [0.2, 0.25) is 0 Å². The molecule has 2 rings (SSSR count). The monoisotopic (exact) mass is 329 g/mol. The number of carbonyl (C=O) groups excluding carboxylic acids is 1. The minimum Gasteiger partial charge on any atom is -0.322 e. The summed E-state index contributed by atoms with van der Waals surface area (Å²) in [5, 5.41) is 2.88. The molecule has 0 aromatic heterocycles. The lowest BCUT2D eigenvalue weighted by molar-refractivity contribution is -0.111. The molecule has 0 fully saturated rings. The molecule has 3 heteroatoms. The topological polar surface area (TPSA) is 29.1 Å². The smallest absolute Gasteiger partial charge is 0.248 e. The van der Waals surface area contributed by atoms with Gasteiger partial charge in [0.2, 0.25) is 5.91 Å². The standard InChI is InChI=1S/C17H16BrNO/c1-12-3-9-16(13(2)11-12)19-17(20)10-6-14-4-7-15(18)8-5-14/h3-11H,1-2H3,(H,19,20). The molecule has 2 nitrogen and oxygen atoms in total. The van der Waals surface area contributed by atoms with E-state index in [-0.39, 0.29) is 5.91 Å². The molecule has 2 aromatic carbocycles. The molecular formula is C17H16BrNO. The quantitative estimate of drug-likeness (QED) is 0.811. The Morgan fingerprint density at radius 1 is 1.10 bits per heavy atom. The number of carbonyl (C=O) groups is 1. The largest absolute Gasteiger partial charge is 0.322 e. The van der Waals surface area contributed by atoms with Crippen LogP contribution in [-0.4, -0.2) is 5.91 Å². The summed E-state index contributed by atoms with van der Waals surface area (Å²) in [5.41, 5.74) is 4.09. The first-order chi connectivity index (χ1) is 9.54. The summed E-state index contributed by atoms with van der Waals surface area (Å²) in [5.74, 6) is -0.125. The van der Waals surface area contributed by atoms with Gasteiger partial charge in [0.05, 0.1) is 0 Å². The molecule has 0 saturated carbocycles. The highest BCUT2D eigenvalue weighted by Crippen LogP contribution is 2.16. The van der Waals surface area contributed by atoms with Gasteiger partial charge < -0.3 is 5.32 Å². The molecule has 102 valence electrons. The van der Waals surface area contributed by atoms with Gasteiger partial charge in [-0.25, -0.2) is 0 Å². The number of nitrogens with one attached hydrogen (secondary N) is 1. The summed E-state index contributed by atoms with van der Waals surface area (Å²) in [6, 6.07) is 13.8. The average molecular weight is 330 g/mol. The molecule has 0 atom stereocenters. The Morgan fingerprint density at radius 2 is 1.80 bits per heavy atom. The Morgan fingerprint density at radius 3 is 2.45 bits per heavy atom. The van der Waals surface area contributed by atoms with Crippen molar-refractivity contribution in [2.45, 2.75) is 13.8 Å². The van der Waals surface area contributed by atoms with Gasteiger partial charge in [-0.1, -0.05) is 45.8 Å². The number of rotatable bonds is 3. The predicted molar refractivity (Wildman–Crippen MR) is 87.7 cm³/mol. The highest BCUT2D eigenvalue weighted by Gasteiger charge is 2.01. The fourth-order valence-corrected chi connectivity index (χ4v) is 2.14. The van der Waals surface area contributed by atoms with E-state index in [1.807, 2.05) is 56.3 Å². The van der Waals surface area contributed by atoms with Crippen molar-refractivity contribution in [3.63, 3.8) is 0 Å². The van der Waals surface area contributed by atoms with E-state index in [2.05, 4.69) is 21.2 Å². The molecule has 0 aliphatic rings. The van der Waals surface area contributed by atoms with Gasteiger partial charge in [0.25, 0.3) is 0 Å². The van der Waals surface area contributed by atoms with Crippen LogP contribution in [0.3, 0.4) is 0 Å². The summed E-state index contributed by atoms with van der Waals surface area (Å²) < 4.78 is 1.02. The molecule has 0 radical (unpaired) electrons. The van der Waals surface area contributed by atoms with E-state index in [4.69, 9.17) is 0 Å². The third-order valence-corrected chi connectivity index (χ3v) is 3.47. The summed E-state index contributed by atoms with van der Waals surface area (Å²) in [7, 11) is 0. The number of anilines is 1. The summed E-state index contributed by atoms with van der Waals surface area (Å²) in [6.07, 6.45) is 3.34. The second-order valence-corrected chi connectivity index (χ2v) is 5.61. The van der Waals surface area contributed by atoms with Crippen LogP contribution in [0.4, 0.5) is 5.69 Å². The van der Waals surface area contributed by atoms with Gasteiger partial charge in [-0.2, -0.15) is 0 Å². The van der Waals surface area contributed by atoms with E-state index < -0.39 is 0 Å². The van der Waals surface area contributed by atoms with Crippen LogP contribution >= 0.6 is 15.9 Å². The summed E-state index contributed by atoms with van der Waals surface area (Å²) in [6.45, 7) is 4.02. The predicted octanol–water partition coefficient (Wildman–Crippen LogP) is 4.72. The van der Waals surface area contributed by atoms with Gasteiger partial charge in [-0.3, -0.25) is 4.79 Å². The number of halogens is 1. The van der Waals surface area contributed by atoms with Crippen LogP contribution < -0.4 is 5.32 Å². The van der Waals surface area contributed by atoms with Gasteiger partial charge in [-0.15, -0.1) is 0 Å². The van der Waals surface area contributed by atoms with Crippen molar-refractivity contribution in [3.05, 3.63) is 69.7 Å². The van der Waals surface area contributed by atoms with Crippen molar-refractivity contribution in [3.8, 4) is 0 Å². The van der Waals surface area contributed by atoms with Crippen molar-refractivity contribution in [2.75, 3.05) is 5.32 Å². The van der Waals surface area contributed by atoms with E-state index in [1.165, 1.54) is 5.56 Å². The van der Waals surface area contributed by atoms with E-state index in [1.54, 1.807) is 12.2 Å². The number of hydrogen-bond acceptors (Lipinski definition) is 1. The molecule has 20 heavy (non-hydrogen) atoms. The fraction of sp³-hybridized carbons (Fsp3) is 0.118. The van der Waals surface area contributed by atoms with Gasteiger partial charge >= 0.3 is 0 Å². The molecule has 2 aromatic rings. The van der Waals surface area contributed by atoms with Crippen molar-refractivity contribution < 1.29 is 4.79 Å². The van der Waals surface area contributed by atoms with Crippen LogP contribution in [0.25, 0.3) is 6.08 Å². The number of aryl methyl sites for hydroxylation is 2. The SMILES string of the molecule is Cc1ccc(NC(=O)C=Cc2ccc(Br)cc2)c(C)c1. The van der Waals surface area contributed by atoms with Crippen molar-refractivity contribution >= 4 is 33.6 Å². The Hall–Kier alpha value is -1.87. The van der Waals surface area contributed by atoms with E-state index in [0.717, 1.165) is 21.3 Å². The number of amides is 1. The third-order valence-electron chi connectivity index (χ3n) is 2.94. The van der Waals surface area contributed by atoms with E-state index >= 15 is 0 Å². The highest BCUT2D eigenvalue weighted by atomic mass is 79.9. The zero-order valence-corrected chi connectivity index (χ0v) is 13.1. The first-order valence-electron chi connectivity index (χ1n) is 6.36. The first kappa shape index (κ1) is 14.5. The van der Waals surface area contributed by atoms with Crippen LogP contribution in [0, 0.1) is 13.8 Å². The van der Waals surface area contributed by atoms with Crippen molar-refractivity contribution in [2.24, 2.45) is 0 Å². The second kappa shape index (κ2) is 6.53. The molecule has 0 spiro atoms. The Labute approximate surface area is 127 Å². The van der Waals surface area contributed by atoms with E-state index in [9.17, 15) is 4.79 Å². The van der Waals surface area contributed by atoms with Crippen molar-refractivity contribution in [1.82, 2.24) is 0 Å². The Bertz CT molecular complexity index is 645. The molecule has 0 saturated heterocycles. The van der Waals surface area contributed by atoms with Crippen LogP contribution in [0.15, 0.2) is 53.0 Å². The van der Waals surface area contributed by atoms with Gasteiger partial charge in [0, 0.05) is 16.2 Å². The molecule has 1 amide bonds. The third kappa shape index (κ3) is 4.07. The Balaban J connectivity index is 2.03. The maximum Gasteiger partial charge on any atom is 0.248 e.